The van der Waals surface area contributed by atoms with Crippen molar-refractivity contribution in [3.63, 3.8) is 0 Å². The van der Waals surface area contributed by atoms with Crippen LogP contribution in [0.1, 0.15) is 45.1 Å². The molecule has 1 aromatic rings. The van der Waals surface area contributed by atoms with E-state index in [4.69, 9.17) is 28.9 Å². The molecule has 0 heterocycles. The summed E-state index contributed by atoms with van der Waals surface area (Å²) in [5.74, 6) is 0. The highest BCUT2D eigenvalue weighted by atomic mass is 35.5. The highest BCUT2D eigenvalue weighted by molar-refractivity contribution is 6.36. The summed E-state index contributed by atoms with van der Waals surface area (Å²) < 4.78 is 0. The molecule has 16 heavy (non-hydrogen) atoms. The van der Waals surface area contributed by atoms with Gasteiger partial charge in [-0.2, -0.15) is 0 Å². The molecular weight excluding hydrogens is 241 g/mol. The minimum absolute atomic E-state index is 0.390. The van der Waals surface area contributed by atoms with E-state index in [-0.39, 0.29) is 5.54 Å². The van der Waals surface area contributed by atoms with E-state index in [2.05, 4.69) is 13.8 Å². The third-order valence-corrected chi connectivity index (χ3v) is 3.48. The number of nitrogens with two attached hydrogens (primary N) is 1. The molecule has 1 rings (SSSR count). The topological polar surface area (TPSA) is 26.0 Å². The fraction of sp³-hybridized carbons (Fsp3) is 0.538. The lowest BCUT2D eigenvalue weighted by molar-refractivity contribution is 0.370. The highest BCUT2D eigenvalue weighted by Gasteiger charge is 2.29. The van der Waals surface area contributed by atoms with Crippen LogP contribution in [-0.4, -0.2) is 0 Å². The molecule has 90 valence electrons. The van der Waals surface area contributed by atoms with Crippen molar-refractivity contribution in [2.75, 3.05) is 0 Å². The second-order valence-electron chi connectivity index (χ2n) is 4.25. The van der Waals surface area contributed by atoms with Crippen LogP contribution in [0.2, 0.25) is 10.0 Å². The Balaban J connectivity index is 3.19. The Hall–Kier alpha value is -0.240. The molecule has 0 aliphatic rings. The van der Waals surface area contributed by atoms with Gasteiger partial charge in [-0.15, -0.1) is 0 Å². The van der Waals surface area contributed by atoms with Crippen molar-refractivity contribution in [1.29, 1.82) is 0 Å². The van der Waals surface area contributed by atoms with Crippen molar-refractivity contribution in [2.45, 2.75) is 45.1 Å². The van der Waals surface area contributed by atoms with Crippen LogP contribution in [0.4, 0.5) is 0 Å². The molecule has 0 saturated heterocycles. The predicted octanol–water partition coefficient (Wildman–Crippen LogP) is 4.75. The van der Waals surface area contributed by atoms with Crippen LogP contribution in [-0.2, 0) is 5.54 Å². The second kappa shape index (κ2) is 5.90. The van der Waals surface area contributed by atoms with E-state index < -0.39 is 0 Å². The zero-order valence-electron chi connectivity index (χ0n) is 9.89. The monoisotopic (exact) mass is 259 g/mol. The normalized spacial score (nSPS) is 11.8. The first-order valence-electron chi connectivity index (χ1n) is 5.78. The maximum atomic E-state index is 6.47. The first-order chi connectivity index (χ1) is 7.55. The van der Waals surface area contributed by atoms with Crippen LogP contribution in [0, 0.1) is 0 Å². The maximum absolute atomic E-state index is 6.47. The Labute approximate surface area is 108 Å². The molecular formula is C13H19Cl2N. The van der Waals surface area contributed by atoms with E-state index in [1.165, 1.54) is 0 Å². The van der Waals surface area contributed by atoms with E-state index in [1.807, 2.05) is 18.2 Å². The molecule has 0 radical (unpaired) electrons. The van der Waals surface area contributed by atoms with Crippen LogP contribution in [0.5, 0.6) is 0 Å². The van der Waals surface area contributed by atoms with Crippen molar-refractivity contribution in [1.82, 2.24) is 0 Å². The highest BCUT2D eigenvalue weighted by Crippen LogP contribution is 2.38. The molecule has 0 bridgehead atoms. The number of hydrogen-bond donors (Lipinski definition) is 1. The third kappa shape index (κ3) is 2.91. The van der Waals surface area contributed by atoms with Crippen molar-refractivity contribution in [3.8, 4) is 0 Å². The Morgan fingerprint density at radius 1 is 1.06 bits per heavy atom. The lowest BCUT2D eigenvalue weighted by Crippen LogP contribution is -2.37. The molecule has 0 atom stereocenters. The minimum atomic E-state index is -0.390. The molecule has 0 spiro atoms. The number of rotatable bonds is 5. The van der Waals surface area contributed by atoms with Gasteiger partial charge in [-0.3, -0.25) is 0 Å². The SMILES string of the molecule is CCCC(N)(CCC)c1c(Cl)cccc1Cl. The van der Waals surface area contributed by atoms with Crippen LogP contribution in [0.25, 0.3) is 0 Å². The van der Waals surface area contributed by atoms with E-state index in [0.717, 1.165) is 31.2 Å². The summed E-state index contributed by atoms with van der Waals surface area (Å²) in [4.78, 5) is 0. The molecule has 1 aromatic carbocycles. The second-order valence-corrected chi connectivity index (χ2v) is 5.07. The van der Waals surface area contributed by atoms with E-state index >= 15 is 0 Å². The summed E-state index contributed by atoms with van der Waals surface area (Å²) in [6.45, 7) is 4.25. The largest absolute Gasteiger partial charge is 0.321 e. The van der Waals surface area contributed by atoms with E-state index in [9.17, 15) is 0 Å². The summed E-state index contributed by atoms with van der Waals surface area (Å²) in [6.07, 6.45) is 3.87. The van der Waals surface area contributed by atoms with Gasteiger partial charge in [-0.05, 0) is 25.0 Å². The zero-order valence-corrected chi connectivity index (χ0v) is 11.4. The Kier molecular flexibility index (Phi) is 5.10. The van der Waals surface area contributed by atoms with Gasteiger partial charge in [0.1, 0.15) is 0 Å². The summed E-state index contributed by atoms with van der Waals surface area (Å²) in [5, 5.41) is 1.36. The smallest absolute Gasteiger partial charge is 0.0471 e. The molecule has 0 fully saturated rings. The van der Waals surface area contributed by atoms with Crippen LogP contribution in [0.3, 0.4) is 0 Å². The average molecular weight is 260 g/mol. The first-order valence-corrected chi connectivity index (χ1v) is 6.54. The molecule has 0 aliphatic heterocycles. The van der Waals surface area contributed by atoms with Gasteiger partial charge in [0.25, 0.3) is 0 Å². The molecule has 1 nitrogen and oxygen atoms in total. The van der Waals surface area contributed by atoms with Gasteiger partial charge in [0.05, 0.1) is 0 Å². The van der Waals surface area contributed by atoms with Gasteiger partial charge < -0.3 is 5.73 Å². The van der Waals surface area contributed by atoms with Gasteiger partial charge in [-0.25, -0.2) is 0 Å². The van der Waals surface area contributed by atoms with Crippen molar-refractivity contribution < 1.29 is 0 Å². The third-order valence-electron chi connectivity index (χ3n) is 2.85. The van der Waals surface area contributed by atoms with Gasteiger partial charge in [-0.1, -0.05) is 56.0 Å². The first kappa shape index (κ1) is 13.8. The van der Waals surface area contributed by atoms with E-state index in [1.54, 1.807) is 0 Å². The number of hydrogen-bond acceptors (Lipinski definition) is 1. The van der Waals surface area contributed by atoms with Gasteiger partial charge in [0.2, 0.25) is 0 Å². The molecule has 3 heteroatoms. The molecule has 0 aliphatic carbocycles. The Bertz CT molecular complexity index is 324. The number of halogens is 2. The van der Waals surface area contributed by atoms with Gasteiger partial charge in [0.15, 0.2) is 0 Å². The summed E-state index contributed by atoms with van der Waals surface area (Å²) >= 11 is 12.4. The molecule has 0 amide bonds. The van der Waals surface area contributed by atoms with Crippen molar-refractivity contribution in [2.24, 2.45) is 5.73 Å². The quantitative estimate of drug-likeness (QED) is 0.812. The lowest BCUT2D eigenvalue weighted by atomic mass is 9.82. The Morgan fingerprint density at radius 3 is 1.88 bits per heavy atom. The van der Waals surface area contributed by atoms with E-state index in [0.29, 0.717) is 10.0 Å². The molecule has 0 unspecified atom stereocenters. The maximum Gasteiger partial charge on any atom is 0.0471 e. The lowest BCUT2D eigenvalue weighted by Gasteiger charge is -2.31. The van der Waals surface area contributed by atoms with Crippen LogP contribution >= 0.6 is 23.2 Å². The Morgan fingerprint density at radius 2 is 1.50 bits per heavy atom. The predicted molar refractivity (Wildman–Crippen MR) is 72.1 cm³/mol. The minimum Gasteiger partial charge on any atom is -0.321 e. The molecule has 0 saturated carbocycles. The fourth-order valence-electron chi connectivity index (χ4n) is 2.24. The zero-order chi connectivity index (χ0) is 12.2. The average Bonchev–Trinajstić information content (AvgIpc) is 2.17. The summed E-state index contributed by atoms with van der Waals surface area (Å²) in [6, 6.07) is 5.57. The number of benzene rings is 1. The molecule has 2 N–H and O–H groups in total. The van der Waals surface area contributed by atoms with Crippen molar-refractivity contribution >= 4 is 23.2 Å². The van der Waals surface area contributed by atoms with Gasteiger partial charge in [0, 0.05) is 21.1 Å². The standard InChI is InChI=1S/C13H19Cl2N/c1-3-8-13(16,9-4-2)12-10(14)6-5-7-11(12)15/h5-7H,3-4,8-9,16H2,1-2H3. The van der Waals surface area contributed by atoms with Crippen LogP contribution < -0.4 is 5.73 Å². The van der Waals surface area contributed by atoms with Crippen LogP contribution in [0.15, 0.2) is 18.2 Å². The molecule has 0 aromatic heterocycles. The summed E-state index contributed by atoms with van der Waals surface area (Å²) in [7, 11) is 0. The summed E-state index contributed by atoms with van der Waals surface area (Å²) in [5.41, 5.74) is 6.99. The van der Waals surface area contributed by atoms with Gasteiger partial charge >= 0.3 is 0 Å². The van der Waals surface area contributed by atoms with Crippen molar-refractivity contribution in [3.05, 3.63) is 33.8 Å². The fourth-order valence-corrected chi connectivity index (χ4v) is 3.01.